The molecule has 0 aromatic heterocycles. The van der Waals surface area contributed by atoms with E-state index in [-0.39, 0.29) is 0 Å². The summed E-state index contributed by atoms with van der Waals surface area (Å²) in [5.74, 6) is 0. The Morgan fingerprint density at radius 3 is 1.26 bits per heavy atom. The number of hydrogen-bond acceptors (Lipinski definition) is 0. The molecule has 1 aliphatic carbocycles. The third-order valence-corrected chi connectivity index (χ3v) is 3.60. The average molecular weight is 245 g/mol. The van der Waals surface area contributed by atoms with Crippen molar-refractivity contribution in [3.05, 3.63) is 89.4 Å². The molecular formula is C19H17. The van der Waals surface area contributed by atoms with E-state index < -0.39 is 0 Å². The molecule has 3 rings (SSSR count). The summed E-state index contributed by atoms with van der Waals surface area (Å²) >= 11 is 0. The van der Waals surface area contributed by atoms with Crippen LogP contribution in [0, 0.1) is 6.42 Å². The Kier molecular flexibility index (Phi) is 3.08. The summed E-state index contributed by atoms with van der Waals surface area (Å²) in [6, 6.07) is 21.3. The van der Waals surface area contributed by atoms with Crippen LogP contribution in [0.15, 0.2) is 71.8 Å². The van der Waals surface area contributed by atoms with Crippen LogP contribution >= 0.6 is 0 Å². The zero-order valence-corrected chi connectivity index (χ0v) is 11.4. The van der Waals surface area contributed by atoms with E-state index in [1.54, 1.807) is 0 Å². The highest BCUT2D eigenvalue weighted by Gasteiger charge is 2.21. The van der Waals surface area contributed by atoms with Crippen molar-refractivity contribution in [3.63, 3.8) is 0 Å². The third-order valence-electron chi connectivity index (χ3n) is 3.60. The van der Waals surface area contributed by atoms with Crippen molar-refractivity contribution < 1.29 is 0 Å². The van der Waals surface area contributed by atoms with E-state index in [0.717, 1.165) is 0 Å². The van der Waals surface area contributed by atoms with Crippen molar-refractivity contribution in [2.45, 2.75) is 13.8 Å². The van der Waals surface area contributed by atoms with Crippen molar-refractivity contribution in [1.29, 1.82) is 0 Å². The second-order valence-corrected chi connectivity index (χ2v) is 4.99. The Morgan fingerprint density at radius 2 is 0.895 bits per heavy atom. The molecule has 2 aromatic carbocycles. The molecule has 0 bridgehead atoms. The van der Waals surface area contributed by atoms with Crippen molar-refractivity contribution in [3.8, 4) is 0 Å². The monoisotopic (exact) mass is 245 g/mol. The SMILES string of the molecule is CC1=C(c2ccccc2)C(c2ccccc2)=C(C)[CH]1. The van der Waals surface area contributed by atoms with Crippen LogP contribution < -0.4 is 0 Å². The van der Waals surface area contributed by atoms with Crippen LogP contribution in [0.4, 0.5) is 0 Å². The first kappa shape index (κ1) is 12.0. The molecule has 0 nitrogen and oxygen atoms in total. The van der Waals surface area contributed by atoms with Crippen molar-refractivity contribution in [2.75, 3.05) is 0 Å². The van der Waals surface area contributed by atoms with Gasteiger partial charge in [0.15, 0.2) is 0 Å². The van der Waals surface area contributed by atoms with Crippen molar-refractivity contribution in [1.82, 2.24) is 0 Å². The molecule has 19 heavy (non-hydrogen) atoms. The lowest BCUT2D eigenvalue weighted by Crippen LogP contribution is -1.90. The normalized spacial score (nSPS) is 15.3. The zero-order chi connectivity index (χ0) is 13.2. The van der Waals surface area contributed by atoms with E-state index in [9.17, 15) is 0 Å². The lowest BCUT2D eigenvalue weighted by atomic mass is 9.92. The first-order valence-electron chi connectivity index (χ1n) is 6.65. The van der Waals surface area contributed by atoms with Gasteiger partial charge in [0, 0.05) is 6.42 Å². The van der Waals surface area contributed by atoms with Crippen LogP contribution in [0.1, 0.15) is 25.0 Å². The fourth-order valence-electron chi connectivity index (χ4n) is 2.82. The third kappa shape index (κ3) is 2.15. The highest BCUT2D eigenvalue weighted by atomic mass is 14.3. The highest BCUT2D eigenvalue weighted by Crippen LogP contribution is 2.43. The van der Waals surface area contributed by atoms with E-state index in [4.69, 9.17) is 0 Å². The Labute approximate surface area is 115 Å². The summed E-state index contributed by atoms with van der Waals surface area (Å²) in [5.41, 5.74) is 8.03. The topological polar surface area (TPSA) is 0 Å². The summed E-state index contributed by atoms with van der Waals surface area (Å²) in [6.45, 7) is 4.39. The number of allylic oxidation sites excluding steroid dienone is 4. The molecule has 0 unspecified atom stereocenters. The molecule has 0 N–H and O–H groups in total. The van der Waals surface area contributed by atoms with E-state index in [0.29, 0.717) is 0 Å². The molecule has 0 amide bonds. The van der Waals surface area contributed by atoms with Gasteiger partial charge in [-0.05, 0) is 36.1 Å². The van der Waals surface area contributed by atoms with E-state index >= 15 is 0 Å². The second-order valence-electron chi connectivity index (χ2n) is 4.99. The molecule has 0 spiro atoms. The van der Waals surface area contributed by atoms with Crippen LogP contribution in [0.2, 0.25) is 0 Å². The van der Waals surface area contributed by atoms with Gasteiger partial charge in [-0.25, -0.2) is 0 Å². The molecule has 0 atom stereocenters. The van der Waals surface area contributed by atoms with Gasteiger partial charge in [-0.1, -0.05) is 71.8 Å². The van der Waals surface area contributed by atoms with Crippen molar-refractivity contribution in [2.24, 2.45) is 0 Å². The zero-order valence-electron chi connectivity index (χ0n) is 11.4. The minimum Gasteiger partial charge on any atom is -0.0622 e. The van der Waals surface area contributed by atoms with E-state index in [1.165, 1.54) is 33.4 Å². The van der Waals surface area contributed by atoms with E-state index in [1.807, 2.05) is 0 Å². The first-order valence-corrected chi connectivity index (χ1v) is 6.65. The Morgan fingerprint density at radius 1 is 0.526 bits per heavy atom. The molecule has 0 saturated heterocycles. The fourth-order valence-corrected chi connectivity index (χ4v) is 2.82. The Balaban J connectivity index is 2.15. The maximum absolute atomic E-state index is 2.28. The molecule has 0 fully saturated rings. The summed E-state index contributed by atoms with van der Waals surface area (Å²) in [4.78, 5) is 0. The predicted octanol–water partition coefficient (Wildman–Crippen LogP) is 5.15. The average Bonchev–Trinajstić information content (AvgIpc) is 2.75. The predicted molar refractivity (Wildman–Crippen MR) is 82.4 cm³/mol. The summed E-state index contributed by atoms with van der Waals surface area (Å²) in [6.07, 6.45) is 2.28. The maximum Gasteiger partial charge on any atom is 0.0124 e. The minimum atomic E-state index is 1.30. The molecule has 1 radical (unpaired) electrons. The lowest BCUT2D eigenvalue weighted by Gasteiger charge is -2.12. The second kappa shape index (κ2) is 4.89. The highest BCUT2D eigenvalue weighted by molar-refractivity contribution is 6.11. The summed E-state index contributed by atoms with van der Waals surface area (Å²) < 4.78 is 0. The molecule has 2 aromatic rings. The van der Waals surface area contributed by atoms with Crippen LogP contribution in [0.25, 0.3) is 11.1 Å². The Hall–Kier alpha value is -2.08. The standard InChI is InChI=1S/C19H17/c1-14-13-15(2)19(17-11-7-4-8-12-17)18(14)16-9-5-3-6-10-16/h3-13H,1-2H3. The van der Waals surface area contributed by atoms with Gasteiger partial charge in [-0.3, -0.25) is 0 Å². The maximum atomic E-state index is 2.28. The molecule has 0 saturated carbocycles. The van der Waals surface area contributed by atoms with Gasteiger partial charge in [0.05, 0.1) is 0 Å². The molecule has 93 valence electrons. The van der Waals surface area contributed by atoms with Gasteiger partial charge in [0.2, 0.25) is 0 Å². The van der Waals surface area contributed by atoms with Gasteiger partial charge in [-0.15, -0.1) is 0 Å². The molecule has 0 heteroatoms. The van der Waals surface area contributed by atoms with Crippen LogP contribution in [0.5, 0.6) is 0 Å². The van der Waals surface area contributed by atoms with Gasteiger partial charge >= 0.3 is 0 Å². The van der Waals surface area contributed by atoms with Gasteiger partial charge < -0.3 is 0 Å². The van der Waals surface area contributed by atoms with E-state index in [2.05, 4.69) is 80.9 Å². The molecule has 0 heterocycles. The smallest absolute Gasteiger partial charge is 0.0124 e. The first-order chi connectivity index (χ1) is 9.27. The van der Waals surface area contributed by atoms with Crippen LogP contribution in [-0.4, -0.2) is 0 Å². The van der Waals surface area contributed by atoms with Crippen molar-refractivity contribution >= 4 is 11.1 Å². The summed E-state index contributed by atoms with van der Waals surface area (Å²) in [7, 11) is 0. The largest absolute Gasteiger partial charge is 0.0622 e. The number of benzene rings is 2. The van der Waals surface area contributed by atoms with Gasteiger partial charge in [0.1, 0.15) is 0 Å². The summed E-state index contributed by atoms with van der Waals surface area (Å²) in [5, 5.41) is 0. The molecule has 0 aliphatic heterocycles. The van der Waals surface area contributed by atoms with Gasteiger partial charge in [-0.2, -0.15) is 0 Å². The molecular weight excluding hydrogens is 228 g/mol. The lowest BCUT2D eigenvalue weighted by molar-refractivity contribution is 1.38. The van der Waals surface area contributed by atoms with Crippen LogP contribution in [0.3, 0.4) is 0 Å². The quantitative estimate of drug-likeness (QED) is 0.686. The number of rotatable bonds is 2. The molecule has 1 aliphatic rings. The number of hydrogen-bond donors (Lipinski definition) is 0. The van der Waals surface area contributed by atoms with Gasteiger partial charge in [0.25, 0.3) is 0 Å². The minimum absolute atomic E-state index is 1.30. The Bertz CT molecular complexity index is 583. The fraction of sp³-hybridized carbons (Fsp3) is 0.105. The van der Waals surface area contributed by atoms with Crippen LogP contribution in [-0.2, 0) is 0 Å².